The third kappa shape index (κ3) is 3.65. The molecule has 0 saturated carbocycles. The van der Waals surface area contributed by atoms with Crippen LogP contribution in [0.15, 0.2) is 30.3 Å². The number of hydrogen-bond acceptors (Lipinski definition) is 4. The first-order valence-electron chi connectivity index (χ1n) is 9.38. The third-order valence-electron chi connectivity index (χ3n) is 5.06. The van der Waals surface area contributed by atoms with Crippen molar-refractivity contribution in [1.82, 2.24) is 4.57 Å². The lowest BCUT2D eigenvalue weighted by Crippen LogP contribution is -2.41. The van der Waals surface area contributed by atoms with E-state index in [9.17, 15) is 14.4 Å². The normalized spacial score (nSPS) is 16.2. The molecule has 0 saturated heterocycles. The molecule has 0 bridgehead atoms. The van der Waals surface area contributed by atoms with E-state index in [0.29, 0.717) is 16.9 Å². The number of benzene rings is 1. The summed E-state index contributed by atoms with van der Waals surface area (Å²) in [6, 6.07) is 8.54. The van der Waals surface area contributed by atoms with Crippen molar-refractivity contribution in [1.29, 1.82) is 0 Å². The number of amides is 2. The predicted octanol–water partition coefficient (Wildman–Crippen LogP) is 3.05. The minimum Gasteiger partial charge on any atom is -0.452 e. The van der Waals surface area contributed by atoms with Gasteiger partial charge >= 0.3 is 5.97 Å². The highest BCUT2D eigenvalue weighted by atomic mass is 16.5. The summed E-state index contributed by atoms with van der Waals surface area (Å²) in [6.07, 6.45) is 0.173. The largest absolute Gasteiger partial charge is 0.452 e. The number of para-hydroxylation sites is 2. The van der Waals surface area contributed by atoms with Crippen molar-refractivity contribution in [3.8, 4) is 0 Å². The van der Waals surface area contributed by atoms with Gasteiger partial charge in [-0.3, -0.25) is 9.59 Å². The zero-order valence-corrected chi connectivity index (χ0v) is 16.6. The molecule has 7 nitrogen and oxygen atoms in total. The van der Waals surface area contributed by atoms with Gasteiger partial charge < -0.3 is 19.5 Å². The highest BCUT2D eigenvalue weighted by Crippen LogP contribution is 2.31. The highest BCUT2D eigenvalue weighted by molar-refractivity contribution is 6.05. The lowest BCUT2D eigenvalue weighted by Gasteiger charge is -2.27. The first-order chi connectivity index (χ1) is 13.3. The number of anilines is 2. The van der Waals surface area contributed by atoms with Gasteiger partial charge in [0.25, 0.3) is 5.91 Å². The van der Waals surface area contributed by atoms with Gasteiger partial charge in [-0.15, -0.1) is 0 Å². The molecule has 1 atom stereocenters. The number of nitrogens with one attached hydrogen (secondary N) is 1. The molecule has 7 heteroatoms. The van der Waals surface area contributed by atoms with E-state index >= 15 is 0 Å². The molecule has 1 aromatic carbocycles. The Labute approximate surface area is 164 Å². The highest BCUT2D eigenvalue weighted by Gasteiger charge is 2.30. The Bertz CT molecular complexity index is 932. The maximum Gasteiger partial charge on any atom is 0.340 e. The monoisotopic (exact) mass is 383 g/mol. The van der Waals surface area contributed by atoms with Crippen molar-refractivity contribution in [2.24, 2.45) is 0 Å². The maximum atomic E-state index is 12.9. The molecule has 0 spiro atoms. The Hall–Kier alpha value is -3.09. The fourth-order valence-electron chi connectivity index (χ4n) is 3.74. The van der Waals surface area contributed by atoms with Gasteiger partial charge in [0, 0.05) is 30.4 Å². The summed E-state index contributed by atoms with van der Waals surface area (Å²) >= 11 is 0. The van der Waals surface area contributed by atoms with Crippen molar-refractivity contribution in [3.63, 3.8) is 0 Å². The van der Waals surface area contributed by atoms with Crippen LogP contribution in [0.4, 0.5) is 11.4 Å². The van der Waals surface area contributed by atoms with Gasteiger partial charge in [-0.25, -0.2) is 4.79 Å². The molecule has 148 valence electrons. The molecule has 1 aliphatic rings. The van der Waals surface area contributed by atoms with Crippen LogP contribution in [-0.2, 0) is 20.9 Å². The molecule has 28 heavy (non-hydrogen) atoms. The van der Waals surface area contributed by atoms with Crippen LogP contribution in [0.2, 0.25) is 0 Å². The molecule has 2 aromatic rings. The van der Waals surface area contributed by atoms with E-state index in [1.165, 1.54) is 4.90 Å². The fourth-order valence-corrected chi connectivity index (χ4v) is 3.74. The van der Waals surface area contributed by atoms with Crippen molar-refractivity contribution < 1.29 is 19.1 Å². The second kappa shape index (κ2) is 7.88. The van der Waals surface area contributed by atoms with Gasteiger partial charge in [0.1, 0.15) is 0 Å². The van der Waals surface area contributed by atoms with Gasteiger partial charge in [0.05, 0.1) is 16.9 Å². The number of carbonyl (C=O) groups is 3. The molecule has 1 N–H and O–H groups in total. The minimum atomic E-state index is -0.522. The van der Waals surface area contributed by atoms with E-state index in [-0.39, 0.29) is 30.9 Å². The predicted molar refractivity (Wildman–Crippen MR) is 106 cm³/mol. The van der Waals surface area contributed by atoms with Gasteiger partial charge in [-0.2, -0.15) is 0 Å². The first-order valence-corrected chi connectivity index (χ1v) is 9.38. The summed E-state index contributed by atoms with van der Waals surface area (Å²) in [5, 5.41) is 2.81. The van der Waals surface area contributed by atoms with Crippen LogP contribution in [-0.4, -0.2) is 35.0 Å². The molecule has 0 radical (unpaired) electrons. The Morgan fingerprint density at radius 2 is 1.96 bits per heavy atom. The summed E-state index contributed by atoms with van der Waals surface area (Å²) in [5.74, 6) is -1.04. The molecule has 0 fully saturated rings. The Kier molecular flexibility index (Phi) is 5.53. The zero-order valence-electron chi connectivity index (χ0n) is 16.6. The summed E-state index contributed by atoms with van der Waals surface area (Å²) < 4.78 is 7.34. The Morgan fingerprint density at radius 1 is 1.25 bits per heavy atom. The fraction of sp³-hybridized carbons (Fsp3) is 0.381. The topological polar surface area (TPSA) is 80.6 Å². The second-order valence-corrected chi connectivity index (χ2v) is 6.99. The molecular weight excluding hydrogens is 358 g/mol. The van der Waals surface area contributed by atoms with Crippen LogP contribution in [0.5, 0.6) is 0 Å². The van der Waals surface area contributed by atoms with Gasteiger partial charge in [0.2, 0.25) is 5.91 Å². The van der Waals surface area contributed by atoms with E-state index in [4.69, 9.17) is 4.74 Å². The number of ether oxygens (including phenoxy) is 1. The second-order valence-electron chi connectivity index (χ2n) is 6.99. The first kappa shape index (κ1) is 19.7. The van der Waals surface area contributed by atoms with Gasteiger partial charge in [-0.1, -0.05) is 12.1 Å². The van der Waals surface area contributed by atoms with Gasteiger partial charge in [0.15, 0.2) is 6.61 Å². The summed E-state index contributed by atoms with van der Waals surface area (Å²) in [7, 11) is 0. The Balaban J connectivity index is 1.77. The summed E-state index contributed by atoms with van der Waals surface area (Å²) in [6.45, 7) is 7.97. The van der Waals surface area contributed by atoms with Crippen molar-refractivity contribution in [2.45, 2.75) is 46.7 Å². The lowest BCUT2D eigenvalue weighted by molar-refractivity contribution is -0.122. The van der Waals surface area contributed by atoms with Crippen molar-refractivity contribution in [2.75, 3.05) is 16.8 Å². The maximum absolute atomic E-state index is 12.9. The number of carbonyl (C=O) groups excluding carboxylic acids is 3. The van der Waals surface area contributed by atoms with Crippen LogP contribution in [0, 0.1) is 13.8 Å². The van der Waals surface area contributed by atoms with Crippen LogP contribution in [0.3, 0.4) is 0 Å². The number of nitrogens with zero attached hydrogens (tertiary/aromatic N) is 2. The number of fused-ring (bicyclic) bond motifs is 1. The van der Waals surface area contributed by atoms with Crippen LogP contribution < -0.4 is 10.2 Å². The molecule has 2 heterocycles. The van der Waals surface area contributed by atoms with E-state index in [1.54, 1.807) is 37.3 Å². The third-order valence-corrected chi connectivity index (χ3v) is 5.06. The standard InChI is InChI=1S/C21H25N3O4/c1-5-23-13(2)10-16(15(23)4)21(27)28-12-20(26)24-14(3)11-19(25)22-17-8-6-7-9-18(17)24/h6-10,14H,5,11-12H2,1-4H3,(H,22,25)/t14-/m0/s1. The number of hydrogen-bond donors (Lipinski definition) is 1. The quantitative estimate of drug-likeness (QED) is 0.823. The minimum absolute atomic E-state index is 0.153. The van der Waals surface area contributed by atoms with Crippen LogP contribution in [0.25, 0.3) is 0 Å². The van der Waals surface area contributed by atoms with Crippen LogP contribution in [0.1, 0.15) is 42.0 Å². The summed E-state index contributed by atoms with van der Waals surface area (Å²) in [4.78, 5) is 39.0. The molecule has 3 rings (SSSR count). The average Bonchev–Trinajstić information content (AvgIpc) is 2.86. The van der Waals surface area contributed by atoms with Crippen molar-refractivity contribution >= 4 is 29.2 Å². The number of rotatable bonds is 4. The smallest absolute Gasteiger partial charge is 0.340 e. The molecule has 0 aliphatic carbocycles. The average molecular weight is 383 g/mol. The molecule has 2 amide bonds. The van der Waals surface area contributed by atoms with Gasteiger partial charge in [-0.05, 0) is 45.9 Å². The number of esters is 1. The van der Waals surface area contributed by atoms with E-state index < -0.39 is 5.97 Å². The number of aromatic nitrogens is 1. The molecule has 0 unspecified atom stereocenters. The summed E-state index contributed by atoms with van der Waals surface area (Å²) in [5.41, 5.74) is 3.43. The van der Waals surface area contributed by atoms with E-state index in [1.807, 2.05) is 25.3 Å². The number of aryl methyl sites for hydroxylation is 1. The Morgan fingerprint density at radius 3 is 2.64 bits per heavy atom. The zero-order chi connectivity index (χ0) is 20.4. The van der Waals surface area contributed by atoms with Crippen LogP contribution >= 0.6 is 0 Å². The van der Waals surface area contributed by atoms with E-state index in [2.05, 4.69) is 5.32 Å². The molecule has 1 aliphatic heterocycles. The molecular formula is C21H25N3O4. The lowest BCUT2D eigenvalue weighted by atomic mass is 10.1. The SMILES string of the molecule is CCn1c(C)cc(C(=O)OCC(=O)N2c3ccccc3NC(=O)C[C@@H]2C)c1C. The van der Waals surface area contributed by atoms with Crippen molar-refractivity contribution in [3.05, 3.63) is 47.3 Å². The molecule has 1 aromatic heterocycles. The van der Waals surface area contributed by atoms with E-state index in [0.717, 1.165) is 17.9 Å².